The van der Waals surface area contributed by atoms with Gasteiger partial charge >= 0.3 is 0 Å². The van der Waals surface area contributed by atoms with Gasteiger partial charge < -0.3 is 9.47 Å². The first-order valence-corrected chi connectivity index (χ1v) is 11.2. The Morgan fingerprint density at radius 3 is 2.44 bits per heavy atom. The maximum Gasteiger partial charge on any atom is 0.296 e. The first kappa shape index (κ1) is 21.7. The molecule has 0 aliphatic heterocycles. The van der Waals surface area contributed by atoms with Gasteiger partial charge in [0.1, 0.15) is 17.2 Å². The van der Waals surface area contributed by atoms with Crippen LogP contribution in [0.3, 0.4) is 0 Å². The van der Waals surface area contributed by atoms with Gasteiger partial charge in [-0.2, -0.15) is 14.6 Å². The fourth-order valence-corrected chi connectivity index (χ4v) is 4.04. The maximum atomic E-state index is 12.8. The highest BCUT2D eigenvalue weighted by Crippen LogP contribution is 2.15. The molecule has 164 valence electrons. The van der Waals surface area contributed by atoms with Crippen LogP contribution in [0.15, 0.2) is 58.1 Å². The van der Waals surface area contributed by atoms with Gasteiger partial charge in [0, 0.05) is 6.42 Å². The Labute approximate surface area is 188 Å². The van der Waals surface area contributed by atoms with Gasteiger partial charge in [-0.1, -0.05) is 48.9 Å². The van der Waals surface area contributed by atoms with E-state index in [1.165, 1.54) is 4.52 Å². The summed E-state index contributed by atoms with van der Waals surface area (Å²) in [5.74, 6) is 1.53. The summed E-state index contributed by atoms with van der Waals surface area (Å²) in [5.41, 5.74) is 1.25. The van der Waals surface area contributed by atoms with Crippen molar-refractivity contribution < 1.29 is 9.47 Å². The Bertz CT molecular complexity index is 1380. The van der Waals surface area contributed by atoms with Crippen LogP contribution < -0.4 is 25.1 Å². The summed E-state index contributed by atoms with van der Waals surface area (Å²) in [7, 11) is 1.60. The van der Waals surface area contributed by atoms with E-state index in [2.05, 4.69) is 17.0 Å². The predicted octanol–water partition coefficient (Wildman–Crippen LogP) is 2.84. The molecule has 0 unspecified atom stereocenters. The number of aromatic nitrogens is 3. The van der Waals surface area contributed by atoms with Crippen LogP contribution in [0.4, 0.5) is 0 Å². The van der Waals surface area contributed by atoms with Gasteiger partial charge in [0.15, 0.2) is 0 Å². The van der Waals surface area contributed by atoms with E-state index < -0.39 is 5.56 Å². The number of nitrogens with zero attached hydrogens (tertiary/aromatic N) is 3. The number of hydrogen-bond acceptors (Lipinski definition) is 7. The topological polar surface area (TPSA) is 82.8 Å². The lowest BCUT2D eigenvalue weighted by Crippen LogP contribution is -2.28. The molecule has 0 saturated carbocycles. The minimum Gasteiger partial charge on any atom is -0.497 e. The number of rotatable bonds is 8. The van der Waals surface area contributed by atoms with Gasteiger partial charge in [-0.25, -0.2) is 0 Å². The molecule has 4 rings (SSSR count). The molecule has 2 aromatic carbocycles. The molecule has 0 N–H and O–H groups in total. The van der Waals surface area contributed by atoms with E-state index >= 15 is 0 Å². The third-order valence-corrected chi connectivity index (χ3v) is 5.88. The first-order valence-electron chi connectivity index (χ1n) is 10.4. The van der Waals surface area contributed by atoms with Crippen LogP contribution in [0.25, 0.3) is 11.0 Å². The number of unbranched alkanes of at least 4 members (excludes halogenated alkanes) is 1. The maximum absolute atomic E-state index is 12.8. The molecule has 7 nitrogen and oxygen atoms in total. The smallest absolute Gasteiger partial charge is 0.296 e. The highest BCUT2D eigenvalue weighted by atomic mass is 32.1. The standard InChI is InChI=1S/C24H23N3O4S/c1-3-4-13-31-19-11-7-16(8-12-19)14-20-22(28)25-24-27(26-20)23(29)21(32-24)15-17-5-9-18(30-2)10-6-17/h5-12,15H,3-4,13-14H2,1-2H3. The van der Waals surface area contributed by atoms with Crippen LogP contribution in [0.5, 0.6) is 11.5 Å². The Morgan fingerprint density at radius 1 is 1.03 bits per heavy atom. The molecule has 0 aliphatic rings. The molecule has 0 amide bonds. The van der Waals surface area contributed by atoms with Crippen LogP contribution in [0.1, 0.15) is 36.6 Å². The summed E-state index contributed by atoms with van der Waals surface area (Å²) in [6.07, 6.45) is 4.12. The number of fused-ring (bicyclic) bond motifs is 1. The van der Waals surface area contributed by atoms with E-state index in [0.717, 1.165) is 46.8 Å². The molecule has 4 aromatic rings. The van der Waals surface area contributed by atoms with Crippen molar-refractivity contribution in [2.75, 3.05) is 13.7 Å². The van der Waals surface area contributed by atoms with Crippen LogP contribution in [0, 0.1) is 0 Å². The predicted molar refractivity (Wildman–Crippen MR) is 125 cm³/mol. The molecule has 0 spiro atoms. The average molecular weight is 450 g/mol. The molecule has 0 radical (unpaired) electrons. The largest absolute Gasteiger partial charge is 0.497 e. The lowest BCUT2D eigenvalue weighted by Gasteiger charge is -2.06. The second-order valence-electron chi connectivity index (χ2n) is 7.27. The fourth-order valence-electron chi connectivity index (χ4n) is 3.13. The van der Waals surface area contributed by atoms with E-state index in [0.29, 0.717) is 11.1 Å². The fraction of sp³-hybridized carbons (Fsp3) is 0.250. The van der Waals surface area contributed by atoms with E-state index in [4.69, 9.17) is 9.47 Å². The highest BCUT2D eigenvalue weighted by molar-refractivity contribution is 7.15. The van der Waals surface area contributed by atoms with Gasteiger partial charge in [0.25, 0.3) is 11.1 Å². The number of thiazole rings is 1. The van der Waals surface area contributed by atoms with E-state index in [1.54, 1.807) is 13.2 Å². The van der Waals surface area contributed by atoms with Gasteiger partial charge in [0.2, 0.25) is 4.96 Å². The molecule has 0 saturated heterocycles. The minimum absolute atomic E-state index is 0.230. The highest BCUT2D eigenvalue weighted by Gasteiger charge is 2.12. The van der Waals surface area contributed by atoms with Gasteiger partial charge in [-0.3, -0.25) is 9.59 Å². The summed E-state index contributed by atoms with van der Waals surface area (Å²) < 4.78 is 12.5. The minimum atomic E-state index is -0.425. The first-order chi connectivity index (χ1) is 15.6. The normalized spacial score (nSPS) is 11.8. The second-order valence-corrected chi connectivity index (χ2v) is 8.28. The number of methoxy groups -OCH3 is 1. The molecule has 0 aliphatic carbocycles. The summed E-state index contributed by atoms with van der Waals surface area (Å²) >= 11 is 1.14. The molecule has 32 heavy (non-hydrogen) atoms. The lowest BCUT2D eigenvalue weighted by molar-refractivity contribution is 0.309. The van der Waals surface area contributed by atoms with Crippen molar-refractivity contribution in [3.05, 3.63) is 90.6 Å². The zero-order valence-corrected chi connectivity index (χ0v) is 18.7. The monoisotopic (exact) mass is 449 g/mol. The summed E-state index contributed by atoms with van der Waals surface area (Å²) in [5, 5.41) is 4.31. The van der Waals surface area contributed by atoms with Crippen LogP contribution in [0.2, 0.25) is 0 Å². The molecule has 2 heterocycles. The Balaban J connectivity index is 1.60. The van der Waals surface area contributed by atoms with Gasteiger partial charge in [-0.05, 0) is 47.9 Å². The summed E-state index contributed by atoms with van der Waals surface area (Å²) in [4.78, 5) is 29.7. The number of hydrogen-bond donors (Lipinski definition) is 0. The molecule has 8 heteroatoms. The number of benzene rings is 2. The molecule has 2 aromatic heterocycles. The lowest BCUT2D eigenvalue weighted by atomic mass is 10.1. The zero-order chi connectivity index (χ0) is 22.5. The van der Waals surface area contributed by atoms with Crippen molar-refractivity contribution in [3.63, 3.8) is 0 Å². The van der Waals surface area contributed by atoms with Crippen LogP contribution in [-0.2, 0) is 6.42 Å². The summed E-state index contributed by atoms with van der Waals surface area (Å²) in [6.45, 7) is 2.79. The average Bonchev–Trinajstić information content (AvgIpc) is 3.10. The van der Waals surface area contributed by atoms with Crippen molar-refractivity contribution in [1.82, 2.24) is 14.6 Å². The van der Waals surface area contributed by atoms with Crippen molar-refractivity contribution in [2.45, 2.75) is 26.2 Å². The van der Waals surface area contributed by atoms with E-state index in [-0.39, 0.29) is 22.6 Å². The molecule has 0 bridgehead atoms. The molecule has 0 atom stereocenters. The molecule has 0 fully saturated rings. The second kappa shape index (κ2) is 9.74. The Morgan fingerprint density at radius 2 is 1.75 bits per heavy atom. The molecular formula is C24H23N3O4S. The van der Waals surface area contributed by atoms with Crippen molar-refractivity contribution in [1.29, 1.82) is 0 Å². The quantitative estimate of drug-likeness (QED) is 0.385. The van der Waals surface area contributed by atoms with Crippen LogP contribution >= 0.6 is 11.3 Å². The Kier molecular flexibility index (Phi) is 6.61. The van der Waals surface area contributed by atoms with E-state index in [9.17, 15) is 9.59 Å². The third kappa shape index (κ3) is 4.86. The zero-order valence-electron chi connectivity index (χ0n) is 17.9. The third-order valence-electron chi connectivity index (χ3n) is 4.93. The number of ether oxygens (including phenoxy) is 2. The van der Waals surface area contributed by atoms with Gasteiger partial charge in [-0.15, -0.1) is 0 Å². The summed E-state index contributed by atoms with van der Waals surface area (Å²) in [6, 6.07) is 14.9. The van der Waals surface area contributed by atoms with Crippen molar-refractivity contribution in [3.8, 4) is 11.5 Å². The van der Waals surface area contributed by atoms with Crippen molar-refractivity contribution >= 4 is 22.4 Å². The van der Waals surface area contributed by atoms with Gasteiger partial charge in [0.05, 0.1) is 18.2 Å². The SMILES string of the molecule is CCCCOc1ccc(Cc2nn3c(=O)c(=Cc4ccc(OC)cc4)sc3nc2=O)cc1. The van der Waals surface area contributed by atoms with Crippen LogP contribution in [-0.4, -0.2) is 28.3 Å². The van der Waals surface area contributed by atoms with E-state index in [1.807, 2.05) is 48.5 Å². The molecular weight excluding hydrogens is 426 g/mol. The van der Waals surface area contributed by atoms with Crippen molar-refractivity contribution in [2.24, 2.45) is 0 Å². The Hall–Kier alpha value is -3.52.